The molecule has 0 bridgehead atoms. The molecule has 0 spiro atoms. The SMILES string of the molecule is COc1cc(C(C)NC(=O)C2CCCCC2(C)N)ccc1OCC(C)C. The first-order chi connectivity index (χ1) is 12.2. The molecule has 1 amide bonds. The number of methoxy groups -OCH3 is 1. The van der Waals surface area contributed by atoms with Crippen LogP contribution in [0.3, 0.4) is 0 Å². The highest BCUT2D eigenvalue weighted by molar-refractivity contribution is 5.80. The van der Waals surface area contributed by atoms with Crippen molar-refractivity contribution >= 4 is 5.91 Å². The van der Waals surface area contributed by atoms with Crippen molar-refractivity contribution in [3.05, 3.63) is 23.8 Å². The number of benzene rings is 1. The Morgan fingerprint density at radius 1 is 1.31 bits per heavy atom. The van der Waals surface area contributed by atoms with Gasteiger partial charge < -0.3 is 20.5 Å². The molecular weight excluding hydrogens is 328 g/mol. The smallest absolute Gasteiger partial charge is 0.225 e. The first kappa shape index (κ1) is 20.6. The van der Waals surface area contributed by atoms with E-state index in [-0.39, 0.29) is 17.9 Å². The number of rotatable bonds is 7. The van der Waals surface area contributed by atoms with E-state index in [1.165, 1.54) is 0 Å². The van der Waals surface area contributed by atoms with Crippen molar-refractivity contribution in [3.8, 4) is 11.5 Å². The molecule has 1 aliphatic rings. The monoisotopic (exact) mass is 362 g/mol. The van der Waals surface area contributed by atoms with Gasteiger partial charge in [-0.05, 0) is 50.3 Å². The zero-order chi connectivity index (χ0) is 19.3. The third kappa shape index (κ3) is 5.13. The van der Waals surface area contributed by atoms with E-state index in [4.69, 9.17) is 15.2 Å². The number of carbonyl (C=O) groups is 1. The van der Waals surface area contributed by atoms with Crippen molar-refractivity contribution in [2.75, 3.05) is 13.7 Å². The Kier molecular flexibility index (Phi) is 6.93. The second-order valence-corrected chi connectivity index (χ2v) is 8.15. The molecule has 1 aliphatic carbocycles. The van der Waals surface area contributed by atoms with Crippen LogP contribution in [-0.4, -0.2) is 25.2 Å². The third-order valence-corrected chi connectivity index (χ3v) is 5.19. The highest BCUT2D eigenvalue weighted by Crippen LogP contribution is 2.33. The molecule has 3 unspecified atom stereocenters. The van der Waals surface area contributed by atoms with E-state index >= 15 is 0 Å². The van der Waals surface area contributed by atoms with Crippen LogP contribution in [0, 0.1) is 11.8 Å². The van der Waals surface area contributed by atoms with E-state index in [0.29, 0.717) is 18.3 Å². The summed E-state index contributed by atoms with van der Waals surface area (Å²) in [5.41, 5.74) is 6.93. The van der Waals surface area contributed by atoms with Crippen molar-refractivity contribution in [1.82, 2.24) is 5.32 Å². The zero-order valence-electron chi connectivity index (χ0n) is 16.8. The van der Waals surface area contributed by atoms with Crippen molar-refractivity contribution in [1.29, 1.82) is 0 Å². The molecule has 5 heteroatoms. The number of hydrogen-bond acceptors (Lipinski definition) is 4. The van der Waals surface area contributed by atoms with Crippen LogP contribution in [0.25, 0.3) is 0 Å². The molecular formula is C21H34N2O3. The highest BCUT2D eigenvalue weighted by atomic mass is 16.5. The molecule has 1 aromatic rings. The fourth-order valence-electron chi connectivity index (χ4n) is 3.52. The van der Waals surface area contributed by atoms with Crippen molar-refractivity contribution < 1.29 is 14.3 Å². The van der Waals surface area contributed by atoms with Crippen LogP contribution in [-0.2, 0) is 4.79 Å². The zero-order valence-corrected chi connectivity index (χ0v) is 16.8. The standard InChI is InChI=1S/C21H34N2O3/c1-14(2)13-26-18-10-9-16(12-19(18)25-5)15(3)23-20(24)17-8-6-7-11-21(17,4)22/h9-10,12,14-15,17H,6-8,11,13,22H2,1-5H3,(H,23,24). The summed E-state index contributed by atoms with van der Waals surface area (Å²) < 4.78 is 11.3. The Morgan fingerprint density at radius 3 is 2.65 bits per heavy atom. The molecule has 2 rings (SSSR count). The molecule has 0 aromatic heterocycles. The minimum Gasteiger partial charge on any atom is -0.493 e. The summed E-state index contributed by atoms with van der Waals surface area (Å²) in [4.78, 5) is 12.7. The molecule has 0 heterocycles. The number of hydrogen-bond donors (Lipinski definition) is 2. The van der Waals surface area contributed by atoms with Gasteiger partial charge in [0, 0.05) is 5.54 Å². The molecule has 1 fully saturated rings. The third-order valence-electron chi connectivity index (χ3n) is 5.19. The van der Waals surface area contributed by atoms with Gasteiger partial charge in [0.15, 0.2) is 11.5 Å². The average Bonchev–Trinajstić information content (AvgIpc) is 2.59. The summed E-state index contributed by atoms with van der Waals surface area (Å²) in [6, 6.07) is 5.70. The van der Waals surface area contributed by atoms with Crippen LogP contribution in [0.2, 0.25) is 0 Å². The normalized spacial score (nSPS) is 24.2. The number of amides is 1. The molecule has 5 nitrogen and oxygen atoms in total. The average molecular weight is 363 g/mol. The van der Waals surface area contributed by atoms with Gasteiger partial charge in [-0.2, -0.15) is 0 Å². The minimum absolute atomic E-state index is 0.0429. The number of carbonyl (C=O) groups excluding carboxylic acids is 1. The summed E-state index contributed by atoms with van der Waals surface area (Å²) in [6.45, 7) is 8.82. The fraction of sp³-hybridized carbons (Fsp3) is 0.667. The molecule has 0 saturated heterocycles. The van der Waals surface area contributed by atoms with Gasteiger partial charge >= 0.3 is 0 Å². The van der Waals surface area contributed by atoms with Crippen LogP contribution >= 0.6 is 0 Å². The Labute approximate surface area is 157 Å². The maximum absolute atomic E-state index is 12.7. The van der Waals surface area contributed by atoms with Gasteiger partial charge in [-0.1, -0.05) is 32.8 Å². The predicted molar refractivity (Wildman–Crippen MR) is 104 cm³/mol. The summed E-state index contributed by atoms with van der Waals surface area (Å²) in [6.07, 6.45) is 3.92. The van der Waals surface area contributed by atoms with Crippen LogP contribution in [0.5, 0.6) is 11.5 Å². The van der Waals surface area contributed by atoms with Gasteiger partial charge in [-0.25, -0.2) is 0 Å². The summed E-state index contributed by atoms with van der Waals surface area (Å²) in [5.74, 6) is 1.77. The summed E-state index contributed by atoms with van der Waals surface area (Å²) in [5, 5.41) is 3.13. The van der Waals surface area contributed by atoms with Crippen LogP contribution in [0.4, 0.5) is 0 Å². The van der Waals surface area contributed by atoms with Crippen LogP contribution < -0.4 is 20.5 Å². The molecule has 3 atom stereocenters. The molecule has 26 heavy (non-hydrogen) atoms. The molecule has 0 aliphatic heterocycles. The Bertz CT molecular complexity index is 613. The first-order valence-electron chi connectivity index (χ1n) is 9.64. The van der Waals surface area contributed by atoms with E-state index < -0.39 is 5.54 Å². The van der Waals surface area contributed by atoms with E-state index in [1.807, 2.05) is 32.0 Å². The number of nitrogens with two attached hydrogens (primary N) is 1. The van der Waals surface area contributed by atoms with Crippen LogP contribution in [0.15, 0.2) is 18.2 Å². The Morgan fingerprint density at radius 2 is 2.04 bits per heavy atom. The van der Waals surface area contributed by atoms with E-state index in [0.717, 1.165) is 37.0 Å². The van der Waals surface area contributed by atoms with Gasteiger partial charge in [0.2, 0.25) is 5.91 Å². The van der Waals surface area contributed by atoms with Gasteiger partial charge in [-0.15, -0.1) is 0 Å². The molecule has 0 radical (unpaired) electrons. The molecule has 1 saturated carbocycles. The number of ether oxygens (including phenoxy) is 2. The van der Waals surface area contributed by atoms with Gasteiger partial charge in [-0.3, -0.25) is 4.79 Å². The highest BCUT2D eigenvalue weighted by Gasteiger charge is 2.38. The van der Waals surface area contributed by atoms with Crippen LogP contribution in [0.1, 0.15) is 65.0 Å². The van der Waals surface area contributed by atoms with Crippen molar-refractivity contribution in [2.24, 2.45) is 17.6 Å². The Hall–Kier alpha value is -1.75. The maximum Gasteiger partial charge on any atom is 0.225 e. The van der Waals surface area contributed by atoms with Gasteiger partial charge in [0.05, 0.1) is 25.7 Å². The van der Waals surface area contributed by atoms with E-state index in [2.05, 4.69) is 19.2 Å². The maximum atomic E-state index is 12.7. The van der Waals surface area contributed by atoms with Gasteiger partial charge in [0.1, 0.15) is 0 Å². The quantitative estimate of drug-likeness (QED) is 0.773. The van der Waals surface area contributed by atoms with Crippen molar-refractivity contribution in [3.63, 3.8) is 0 Å². The Balaban J connectivity index is 2.06. The molecule has 3 N–H and O–H groups in total. The second kappa shape index (κ2) is 8.76. The fourth-order valence-corrected chi connectivity index (χ4v) is 3.52. The van der Waals surface area contributed by atoms with E-state index in [9.17, 15) is 4.79 Å². The minimum atomic E-state index is -0.422. The largest absolute Gasteiger partial charge is 0.493 e. The summed E-state index contributed by atoms with van der Waals surface area (Å²) >= 11 is 0. The number of nitrogens with one attached hydrogen (secondary N) is 1. The topological polar surface area (TPSA) is 73.6 Å². The van der Waals surface area contributed by atoms with E-state index in [1.54, 1.807) is 7.11 Å². The lowest BCUT2D eigenvalue weighted by Gasteiger charge is -2.37. The lowest BCUT2D eigenvalue weighted by molar-refractivity contribution is -0.128. The lowest BCUT2D eigenvalue weighted by Crippen LogP contribution is -2.53. The molecule has 146 valence electrons. The molecule has 1 aromatic carbocycles. The van der Waals surface area contributed by atoms with Gasteiger partial charge in [0.25, 0.3) is 0 Å². The lowest BCUT2D eigenvalue weighted by atomic mass is 9.74. The first-order valence-corrected chi connectivity index (χ1v) is 9.64. The predicted octanol–water partition coefficient (Wildman–Crippen LogP) is 3.81. The second-order valence-electron chi connectivity index (χ2n) is 8.15. The summed E-state index contributed by atoms with van der Waals surface area (Å²) in [7, 11) is 1.63. The van der Waals surface area contributed by atoms with Crippen molar-refractivity contribution in [2.45, 2.75) is 65.0 Å².